The lowest BCUT2D eigenvalue weighted by Gasteiger charge is -2.24. The van der Waals surface area contributed by atoms with Crippen LogP contribution < -0.4 is 14.3 Å². The second kappa shape index (κ2) is 12.5. The zero-order chi connectivity index (χ0) is 29.8. The predicted molar refractivity (Wildman–Crippen MR) is 164 cm³/mol. The summed E-state index contributed by atoms with van der Waals surface area (Å²) >= 11 is 11.9. The molecule has 4 aromatic rings. The quantitative estimate of drug-likeness (QED) is 0.207. The van der Waals surface area contributed by atoms with Crippen LogP contribution >= 0.6 is 23.2 Å². The summed E-state index contributed by atoms with van der Waals surface area (Å²) in [6.07, 6.45) is 0.777. The molecule has 0 fully saturated rings. The van der Waals surface area contributed by atoms with Crippen LogP contribution in [0.15, 0.2) is 101 Å². The number of rotatable bonds is 10. The van der Waals surface area contributed by atoms with Crippen molar-refractivity contribution in [2.45, 2.75) is 30.1 Å². The van der Waals surface area contributed by atoms with Gasteiger partial charge in [-0.25, -0.2) is 16.8 Å². The number of carbonyl (C=O) groups is 1. The van der Waals surface area contributed by atoms with E-state index in [0.717, 1.165) is 21.9 Å². The number of hydrogen-bond acceptors (Lipinski definition) is 5. The average molecular weight is 633 g/mol. The highest BCUT2D eigenvalue weighted by atomic mass is 35.5. The predicted octanol–water partition coefficient (Wildman–Crippen LogP) is 6.50. The van der Waals surface area contributed by atoms with Crippen molar-refractivity contribution in [3.8, 4) is 0 Å². The van der Waals surface area contributed by atoms with Gasteiger partial charge in [0.05, 0.1) is 21.2 Å². The second-order valence-corrected chi connectivity index (χ2v) is 13.6. The number of hydrogen-bond donors (Lipinski definition) is 2. The van der Waals surface area contributed by atoms with E-state index in [-0.39, 0.29) is 31.2 Å². The molecule has 0 aliphatic rings. The van der Waals surface area contributed by atoms with Gasteiger partial charge in [-0.2, -0.15) is 0 Å². The maximum Gasteiger partial charge on any atom is 0.264 e. The van der Waals surface area contributed by atoms with E-state index < -0.39 is 32.5 Å². The molecule has 0 saturated carbocycles. The average Bonchev–Trinajstić information content (AvgIpc) is 2.91. The third-order valence-corrected chi connectivity index (χ3v) is 9.71. The summed E-state index contributed by atoms with van der Waals surface area (Å²) < 4.78 is 56.3. The van der Waals surface area contributed by atoms with Crippen molar-refractivity contribution in [1.82, 2.24) is 0 Å². The molecule has 0 spiro atoms. The van der Waals surface area contributed by atoms with Gasteiger partial charge in [-0.15, -0.1) is 0 Å². The summed E-state index contributed by atoms with van der Waals surface area (Å²) in [5.74, 6) is -0.609. The fourth-order valence-corrected chi connectivity index (χ4v) is 6.91. The number of aryl methyl sites for hydroxylation is 2. The van der Waals surface area contributed by atoms with Crippen molar-refractivity contribution in [3.05, 3.63) is 112 Å². The summed E-state index contributed by atoms with van der Waals surface area (Å²) in [4.78, 5) is 13.1. The van der Waals surface area contributed by atoms with Crippen LogP contribution in [0.5, 0.6) is 0 Å². The minimum absolute atomic E-state index is 0.0542. The lowest BCUT2D eigenvalue weighted by atomic mass is 10.1. The first-order chi connectivity index (χ1) is 19.4. The number of sulfonamides is 2. The third-order valence-electron chi connectivity index (χ3n) is 6.09. The first-order valence-electron chi connectivity index (χ1n) is 12.4. The van der Waals surface area contributed by atoms with Gasteiger partial charge in [-0.3, -0.25) is 13.8 Å². The molecule has 0 saturated heterocycles. The molecule has 0 bridgehead atoms. The zero-order valence-corrected chi connectivity index (χ0v) is 25.3. The lowest BCUT2D eigenvalue weighted by Crippen LogP contribution is -2.38. The third kappa shape index (κ3) is 7.59. The molecule has 4 aromatic carbocycles. The minimum Gasteiger partial charge on any atom is -0.325 e. The minimum atomic E-state index is -4.07. The van der Waals surface area contributed by atoms with Gasteiger partial charge < -0.3 is 5.32 Å². The summed E-state index contributed by atoms with van der Waals surface area (Å²) in [7, 11) is -8.05. The van der Waals surface area contributed by atoms with Gasteiger partial charge in [0.2, 0.25) is 5.91 Å². The zero-order valence-electron chi connectivity index (χ0n) is 22.1. The highest BCUT2D eigenvalue weighted by molar-refractivity contribution is 7.93. The van der Waals surface area contributed by atoms with Crippen LogP contribution in [0.25, 0.3) is 0 Å². The molecule has 0 radical (unpaired) electrons. The molecule has 8 nitrogen and oxygen atoms in total. The Bertz CT molecular complexity index is 1740. The van der Waals surface area contributed by atoms with Crippen molar-refractivity contribution < 1.29 is 21.6 Å². The van der Waals surface area contributed by atoms with E-state index in [1.165, 1.54) is 54.6 Å². The number of anilines is 3. The summed E-state index contributed by atoms with van der Waals surface area (Å²) in [6, 6.07) is 23.1. The normalized spacial score (nSPS) is 11.6. The molecule has 12 heteroatoms. The molecule has 0 aliphatic heterocycles. The van der Waals surface area contributed by atoms with E-state index in [1.807, 2.05) is 26.0 Å². The molecule has 0 aliphatic carbocycles. The summed E-state index contributed by atoms with van der Waals surface area (Å²) in [5, 5.41) is 3.19. The number of nitrogens with zero attached hydrogens (tertiary/aromatic N) is 1. The largest absolute Gasteiger partial charge is 0.325 e. The topological polar surface area (TPSA) is 113 Å². The van der Waals surface area contributed by atoms with Gasteiger partial charge in [-0.1, -0.05) is 60.0 Å². The Morgan fingerprint density at radius 1 is 0.756 bits per heavy atom. The Balaban J connectivity index is 1.53. The Kier molecular flexibility index (Phi) is 9.28. The molecule has 4 rings (SSSR count). The Morgan fingerprint density at radius 3 is 1.88 bits per heavy atom. The highest BCUT2D eigenvalue weighted by Crippen LogP contribution is 2.27. The molecular formula is C29H27Cl2N3O5S2. The maximum atomic E-state index is 13.6. The van der Waals surface area contributed by atoms with Crippen LogP contribution in [0, 0.1) is 6.92 Å². The van der Waals surface area contributed by atoms with Crippen LogP contribution in [0.2, 0.25) is 10.0 Å². The molecule has 0 heterocycles. The van der Waals surface area contributed by atoms with Gasteiger partial charge in [-0.05, 0) is 85.6 Å². The maximum absolute atomic E-state index is 13.6. The molecule has 1 amide bonds. The summed E-state index contributed by atoms with van der Waals surface area (Å²) in [6.45, 7) is 3.34. The van der Waals surface area contributed by atoms with Crippen molar-refractivity contribution in [2.24, 2.45) is 0 Å². The Labute approximate surface area is 250 Å². The van der Waals surface area contributed by atoms with E-state index in [1.54, 1.807) is 24.3 Å². The monoisotopic (exact) mass is 631 g/mol. The molecule has 0 atom stereocenters. The van der Waals surface area contributed by atoms with Crippen LogP contribution in [0.3, 0.4) is 0 Å². The van der Waals surface area contributed by atoms with Crippen molar-refractivity contribution in [2.75, 3.05) is 20.9 Å². The van der Waals surface area contributed by atoms with Crippen LogP contribution in [0.1, 0.15) is 18.1 Å². The SMILES string of the molecule is CCc1ccc(N(CC(=O)Nc2ccc(S(=O)(=O)Nc3cc(Cl)cc(Cl)c3)cc2)S(=O)(=O)c2ccc(C)cc2)cc1. The van der Waals surface area contributed by atoms with Gasteiger partial charge in [0.25, 0.3) is 20.0 Å². The number of nitrogens with one attached hydrogen (secondary N) is 2. The van der Waals surface area contributed by atoms with Crippen LogP contribution in [-0.2, 0) is 31.3 Å². The standard InChI is InChI=1S/C29H27Cl2N3O5S2/c1-3-21-6-10-26(11-7-21)34(41(38,39)28-12-4-20(2)5-13-28)19-29(35)32-24-8-14-27(15-9-24)40(36,37)33-25-17-22(30)16-23(31)18-25/h4-18,33H,3,19H2,1-2H3,(H,32,35). The fraction of sp³-hybridized carbons (Fsp3) is 0.138. The van der Waals surface area contributed by atoms with E-state index in [2.05, 4.69) is 10.0 Å². The van der Waals surface area contributed by atoms with E-state index in [9.17, 15) is 21.6 Å². The fourth-order valence-electron chi connectivity index (χ4n) is 3.93. The first-order valence-corrected chi connectivity index (χ1v) is 16.1. The lowest BCUT2D eigenvalue weighted by molar-refractivity contribution is -0.114. The molecule has 41 heavy (non-hydrogen) atoms. The molecule has 214 valence electrons. The van der Waals surface area contributed by atoms with Crippen molar-refractivity contribution in [3.63, 3.8) is 0 Å². The van der Waals surface area contributed by atoms with E-state index >= 15 is 0 Å². The van der Waals surface area contributed by atoms with Crippen molar-refractivity contribution in [1.29, 1.82) is 0 Å². The highest BCUT2D eigenvalue weighted by Gasteiger charge is 2.27. The number of amides is 1. The van der Waals surface area contributed by atoms with E-state index in [4.69, 9.17) is 23.2 Å². The van der Waals surface area contributed by atoms with Gasteiger partial charge in [0, 0.05) is 15.7 Å². The Morgan fingerprint density at radius 2 is 1.32 bits per heavy atom. The number of benzene rings is 4. The van der Waals surface area contributed by atoms with Crippen LogP contribution in [0.4, 0.5) is 17.1 Å². The molecule has 0 aromatic heterocycles. The summed E-state index contributed by atoms with van der Waals surface area (Å²) in [5.41, 5.74) is 2.74. The van der Waals surface area contributed by atoms with Crippen molar-refractivity contribution >= 4 is 66.2 Å². The van der Waals surface area contributed by atoms with Gasteiger partial charge in [0.1, 0.15) is 6.54 Å². The molecular weight excluding hydrogens is 605 g/mol. The smallest absolute Gasteiger partial charge is 0.264 e. The molecule has 2 N–H and O–H groups in total. The number of halogens is 2. The van der Waals surface area contributed by atoms with Gasteiger partial charge in [0.15, 0.2) is 0 Å². The number of carbonyl (C=O) groups excluding carboxylic acids is 1. The van der Waals surface area contributed by atoms with E-state index in [0.29, 0.717) is 5.69 Å². The first kappa shape index (κ1) is 30.4. The molecule has 0 unspecified atom stereocenters. The van der Waals surface area contributed by atoms with Gasteiger partial charge >= 0.3 is 0 Å². The second-order valence-electron chi connectivity index (χ2n) is 9.18. The Hall–Kier alpha value is -3.57. The van der Waals surface area contributed by atoms with Crippen LogP contribution in [-0.4, -0.2) is 29.3 Å².